The predicted octanol–water partition coefficient (Wildman–Crippen LogP) is 2.22. The molecule has 2 atom stereocenters. The maximum atomic E-state index is 12.7. The number of hydrogen-bond donors (Lipinski definition) is 0. The maximum Gasteiger partial charge on any atom is 0.223 e. The zero-order valence-corrected chi connectivity index (χ0v) is 14.5. The Balaban J connectivity index is 1.62. The Morgan fingerprint density at radius 2 is 1.96 bits per heavy atom. The van der Waals surface area contributed by atoms with Crippen LogP contribution in [0.3, 0.4) is 0 Å². The molecule has 1 aliphatic carbocycles. The predicted molar refractivity (Wildman–Crippen MR) is 91.0 cm³/mol. The fourth-order valence-corrected chi connectivity index (χ4v) is 5.70. The molecule has 1 aliphatic heterocycles. The van der Waals surface area contributed by atoms with E-state index in [1.54, 1.807) is 4.90 Å². The van der Waals surface area contributed by atoms with Crippen molar-refractivity contribution in [3.8, 4) is 0 Å². The largest absolute Gasteiger partial charge is 0.339 e. The molecule has 1 amide bonds. The first kappa shape index (κ1) is 16.5. The third-order valence-electron chi connectivity index (χ3n) is 5.22. The van der Waals surface area contributed by atoms with Crippen LogP contribution in [0.4, 0.5) is 0 Å². The highest BCUT2D eigenvalue weighted by Crippen LogP contribution is 2.28. The van der Waals surface area contributed by atoms with Gasteiger partial charge in [0.25, 0.3) is 0 Å². The molecule has 0 bridgehead atoms. The normalized spacial score (nSPS) is 25.8. The number of carbonyl (C=O) groups excluding carboxylic acids is 1. The summed E-state index contributed by atoms with van der Waals surface area (Å²) in [5.41, 5.74) is 2.77. The van der Waals surface area contributed by atoms with E-state index in [-0.39, 0.29) is 23.5 Å². The molecule has 0 unspecified atom stereocenters. The van der Waals surface area contributed by atoms with Gasteiger partial charge in [0.1, 0.15) is 0 Å². The summed E-state index contributed by atoms with van der Waals surface area (Å²) in [6.45, 7) is 2.54. The molecular formula is C18H25NO3S. The summed E-state index contributed by atoms with van der Waals surface area (Å²) in [4.78, 5) is 14.5. The molecule has 0 radical (unpaired) electrons. The summed E-state index contributed by atoms with van der Waals surface area (Å²) in [6, 6.07) is 8.35. The van der Waals surface area contributed by atoms with E-state index in [0.29, 0.717) is 25.3 Å². The first-order valence-electron chi connectivity index (χ1n) is 8.55. The van der Waals surface area contributed by atoms with Gasteiger partial charge < -0.3 is 4.90 Å². The van der Waals surface area contributed by atoms with Crippen LogP contribution in [0.25, 0.3) is 0 Å². The van der Waals surface area contributed by atoms with Crippen LogP contribution in [0.2, 0.25) is 0 Å². The van der Waals surface area contributed by atoms with Crippen molar-refractivity contribution in [2.45, 2.75) is 45.1 Å². The van der Waals surface area contributed by atoms with E-state index >= 15 is 0 Å². The van der Waals surface area contributed by atoms with Gasteiger partial charge in [-0.05, 0) is 49.7 Å². The van der Waals surface area contributed by atoms with Crippen LogP contribution in [-0.2, 0) is 27.5 Å². The van der Waals surface area contributed by atoms with Crippen LogP contribution in [0.5, 0.6) is 0 Å². The molecule has 2 aliphatic rings. The van der Waals surface area contributed by atoms with Crippen molar-refractivity contribution in [2.75, 3.05) is 18.1 Å². The van der Waals surface area contributed by atoms with E-state index < -0.39 is 9.84 Å². The van der Waals surface area contributed by atoms with Crippen molar-refractivity contribution in [3.05, 3.63) is 35.4 Å². The van der Waals surface area contributed by atoms with Crippen LogP contribution in [0.15, 0.2) is 24.3 Å². The Morgan fingerprint density at radius 1 is 1.22 bits per heavy atom. The molecule has 1 aromatic rings. The lowest BCUT2D eigenvalue weighted by atomic mass is 9.82. The maximum absolute atomic E-state index is 12.7. The van der Waals surface area contributed by atoms with Crippen LogP contribution < -0.4 is 0 Å². The van der Waals surface area contributed by atoms with Gasteiger partial charge in [0.05, 0.1) is 11.5 Å². The van der Waals surface area contributed by atoms with Crippen LogP contribution in [-0.4, -0.2) is 43.3 Å². The fourth-order valence-electron chi connectivity index (χ4n) is 3.97. The summed E-state index contributed by atoms with van der Waals surface area (Å²) >= 11 is 0. The number of amides is 1. The van der Waals surface area contributed by atoms with Crippen LogP contribution >= 0.6 is 0 Å². The monoisotopic (exact) mass is 335 g/mol. The number of rotatable bonds is 4. The zero-order chi connectivity index (χ0) is 16.4. The second kappa shape index (κ2) is 6.63. The molecule has 23 heavy (non-hydrogen) atoms. The van der Waals surface area contributed by atoms with Crippen molar-refractivity contribution in [1.82, 2.24) is 4.90 Å². The molecule has 3 rings (SSSR count). The molecule has 0 N–H and O–H groups in total. The molecule has 126 valence electrons. The molecule has 4 nitrogen and oxygen atoms in total. The molecule has 1 fully saturated rings. The minimum atomic E-state index is -2.95. The Labute approximate surface area is 138 Å². The highest BCUT2D eigenvalue weighted by atomic mass is 32.2. The molecule has 1 aromatic carbocycles. The van der Waals surface area contributed by atoms with Crippen molar-refractivity contribution in [1.29, 1.82) is 0 Å². The minimum Gasteiger partial charge on any atom is -0.339 e. The summed E-state index contributed by atoms with van der Waals surface area (Å²) in [6.07, 6.45) is 4.18. The van der Waals surface area contributed by atoms with E-state index in [9.17, 15) is 13.2 Å². The van der Waals surface area contributed by atoms with E-state index in [0.717, 1.165) is 19.3 Å². The average Bonchev–Trinajstić information content (AvgIpc) is 2.87. The second-order valence-electron chi connectivity index (χ2n) is 6.82. The van der Waals surface area contributed by atoms with E-state index in [1.165, 1.54) is 11.1 Å². The number of aryl methyl sites for hydroxylation is 1. The van der Waals surface area contributed by atoms with Gasteiger partial charge in [0.15, 0.2) is 9.84 Å². The van der Waals surface area contributed by atoms with E-state index in [2.05, 4.69) is 24.3 Å². The highest BCUT2D eigenvalue weighted by molar-refractivity contribution is 7.91. The standard InChI is InChI=1S/C18H25NO3S/c1-2-19(17-9-10-23(21,22)13-17)18(20)12-14-7-8-15-5-3-4-6-16(15)11-14/h3-6,14,17H,2,7-13H2,1H3/t14-,17-/m0/s1. The third kappa shape index (κ3) is 3.77. The topological polar surface area (TPSA) is 54.5 Å². The molecule has 5 heteroatoms. The zero-order valence-electron chi connectivity index (χ0n) is 13.7. The number of fused-ring (bicyclic) bond motifs is 1. The summed E-state index contributed by atoms with van der Waals surface area (Å²) in [5, 5.41) is 0. The van der Waals surface area contributed by atoms with Crippen LogP contribution in [0, 0.1) is 5.92 Å². The number of carbonyl (C=O) groups is 1. The van der Waals surface area contributed by atoms with Crippen molar-refractivity contribution in [2.24, 2.45) is 5.92 Å². The molecule has 1 heterocycles. The number of sulfone groups is 1. The quantitative estimate of drug-likeness (QED) is 0.848. The minimum absolute atomic E-state index is 0.117. The SMILES string of the molecule is CCN(C(=O)C[C@H]1CCc2ccccc2C1)[C@H]1CCS(=O)(=O)C1. The van der Waals surface area contributed by atoms with Crippen molar-refractivity contribution < 1.29 is 13.2 Å². The number of benzene rings is 1. The van der Waals surface area contributed by atoms with Gasteiger partial charge >= 0.3 is 0 Å². The van der Waals surface area contributed by atoms with Gasteiger partial charge in [-0.3, -0.25) is 4.79 Å². The van der Waals surface area contributed by atoms with Crippen LogP contribution in [0.1, 0.15) is 37.3 Å². The molecule has 0 saturated carbocycles. The van der Waals surface area contributed by atoms with Crippen molar-refractivity contribution >= 4 is 15.7 Å². The Kier molecular flexibility index (Phi) is 4.76. The Hall–Kier alpha value is -1.36. The fraction of sp³-hybridized carbons (Fsp3) is 0.611. The summed E-state index contributed by atoms with van der Waals surface area (Å²) in [5.74, 6) is 0.863. The first-order valence-corrected chi connectivity index (χ1v) is 10.4. The molecule has 0 spiro atoms. The average molecular weight is 335 g/mol. The molecule has 1 saturated heterocycles. The van der Waals surface area contributed by atoms with Gasteiger partial charge in [-0.1, -0.05) is 24.3 Å². The molecule has 0 aromatic heterocycles. The van der Waals surface area contributed by atoms with E-state index in [1.807, 2.05) is 6.92 Å². The number of hydrogen-bond acceptors (Lipinski definition) is 3. The molecular weight excluding hydrogens is 310 g/mol. The first-order chi connectivity index (χ1) is 11.0. The van der Waals surface area contributed by atoms with Gasteiger partial charge in [-0.2, -0.15) is 0 Å². The smallest absolute Gasteiger partial charge is 0.223 e. The second-order valence-corrected chi connectivity index (χ2v) is 9.05. The van der Waals surface area contributed by atoms with Gasteiger partial charge in [-0.25, -0.2) is 8.42 Å². The number of nitrogens with zero attached hydrogens (tertiary/aromatic N) is 1. The van der Waals surface area contributed by atoms with Crippen molar-refractivity contribution in [3.63, 3.8) is 0 Å². The Bertz CT molecular complexity index is 683. The van der Waals surface area contributed by atoms with E-state index in [4.69, 9.17) is 0 Å². The lowest BCUT2D eigenvalue weighted by molar-refractivity contribution is -0.133. The Morgan fingerprint density at radius 3 is 2.61 bits per heavy atom. The summed E-state index contributed by atoms with van der Waals surface area (Å²) < 4.78 is 23.3. The summed E-state index contributed by atoms with van der Waals surface area (Å²) in [7, 11) is -2.95. The van der Waals surface area contributed by atoms with Gasteiger partial charge in [-0.15, -0.1) is 0 Å². The van der Waals surface area contributed by atoms with Gasteiger partial charge in [0.2, 0.25) is 5.91 Å². The van der Waals surface area contributed by atoms with Gasteiger partial charge in [0, 0.05) is 19.0 Å². The highest BCUT2D eigenvalue weighted by Gasteiger charge is 2.34. The third-order valence-corrected chi connectivity index (χ3v) is 6.97. The lowest BCUT2D eigenvalue weighted by Gasteiger charge is -2.30. The lowest BCUT2D eigenvalue weighted by Crippen LogP contribution is -2.42.